The molecule has 1 amide bonds. The van der Waals surface area contributed by atoms with Gasteiger partial charge in [0.05, 0.1) is 10.7 Å². The molecule has 0 saturated heterocycles. The van der Waals surface area contributed by atoms with Crippen molar-refractivity contribution in [2.45, 2.75) is 6.17 Å². The molecule has 1 unspecified atom stereocenters. The summed E-state index contributed by atoms with van der Waals surface area (Å²) in [6.07, 6.45) is -0.582. The van der Waals surface area contributed by atoms with E-state index in [4.69, 9.17) is 11.6 Å². The fraction of sp³-hybridized carbons (Fsp3) is 0.0476. The normalized spacial score (nSPS) is 17.0. The second-order valence-electron chi connectivity index (χ2n) is 6.08. The van der Waals surface area contributed by atoms with Crippen molar-refractivity contribution in [2.24, 2.45) is 0 Å². The third-order valence-corrected chi connectivity index (χ3v) is 5.33. The van der Waals surface area contributed by atoms with Gasteiger partial charge in [-0.1, -0.05) is 66.2 Å². The van der Waals surface area contributed by atoms with Crippen LogP contribution in [0.4, 0.5) is 5.69 Å². The lowest BCUT2D eigenvalue weighted by atomic mass is 10.0. The first-order chi connectivity index (χ1) is 13.1. The van der Waals surface area contributed by atoms with Crippen molar-refractivity contribution < 1.29 is 4.79 Å². The van der Waals surface area contributed by atoms with Crippen LogP contribution < -0.4 is 10.2 Å². The molecular weight excluding hydrogens is 378 g/mol. The standard InChI is InChI=1S/C21H14ClN3OS/c22-17-10-4-3-9-15(17)19-24-20(26)16(12-23)21(27)25(19)18-11-5-7-13-6-1-2-8-14(13)18/h1-11,19,27H,(H,24,26). The maximum atomic E-state index is 12.5. The zero-order chi connectivity index (χ0) is 19.0. The van der Waals surface area contributed by atoms with Crippen molar-refractivity contribution in [3.63, 3.8) is 0 Å². The Bertz CT molecular complexity index is 1130. The van der Waals surface area contributed by atoms with E-state index in [1.54, 1.807) is 6.07 Å². The number of carbonyl (C=O) groups is 1. The molecule has 1 heterocycles. The molecule has 0 spiro atoms. The van der Waals surface area contributed by atoms with Crippen LogP contribution in [0.1, 0.15) is 11.7 Å². The summed E-state index contributed by atoms with van der Waals surface area (Å²) < 4.78 is 0. The zero-order valence-electron chi connectivity index (χ0n) is 14.1. The van der Waals surface area contributed by atoms with Gasteiger partial charge in [0.15, 0.2) is 0 Å². The van der Waals surface area contributed by atoms with Crippen LogP contribution in [0.3, 0.4) is 0 Å². The number of nitriles is 1. The Balaban J connectivity index is 2.00. The molecule has 3 aromatic carbocycles. The fourth-order valence-corrected chi connectivity index (χ4v) is 3.91. The lowest BCUT2D eigenvalue weighted by Crippen LogP contribution is -2.46. The summed E-state index contributed by atoms with van der Waals surface area (Å²) in [6.45, 7) is 0. The Hall–Kier alpha value is -2.94. The molecule has 1 atom stereocenters. The molecule has 0 radical (unpaired) electrons. The van der Waals surface area contributed by atoms with Crippen LogP contribution in [0, 0.1) is 11.3 Å². The van der Waals surface area contributed by atoms with E-state index >= 15 is 0 Å². The number of amides is 1. The third-order valence-electron chi connectivity index (χ3n) is 4.54. The topological polar surface area (TPSA) is 56.1 Å². The van der Waals surface area contributed by atoms with E-state index in [-0.39, 0.29) is 5.57 Å². The predicted octanol–water partition coefficient (Wildman–Crippen LogP) is 4.79. The highest BCUT2D eigenvalue weighted by atomic mass is 35.5. The minimum absolute atomic E-state index is 0.0328. The Labute approximate surface area is 167 Å². The number of nitrogens with zero attached hydrogens (tertiary/aromatic N) is 2. The van der Waals surface area contributed by atoms with E-state index in [1.807, 2.05) is 71.6 Å². The molecule has 3 aromatic rings. The van der Waals surface area contributed by atoms with Crippen LogP contribution in [-0.4, -0.2) is 5.91 Å². The Kier molecular flexibility index (Phi) is 4.53. The molecule has 1 aliphatic heterocycles. The number of carbonyl (C=O) groups excluding carboxylic acids is 1. The minimum atomic E-state index is -0.582. The van der Waals surface area contributed by atoms with E-state index in [2.05, 4.69) is 17.9 Å². The van der Waals surface area contributed by atoms with E-state index in [9.17, 15) is 10.1 Å². The molecule has 1 aliphatic rings. The van der Waals surface area contributed by atoms with E-state index in [1.165, 1.54) is 0 Å². The largest absolute Gasteiger partial charge is 0.327 e. The second-order valence-corrected chi connectivity index (χ2v) is 6.91. The highest BCUT2D eigenvalue weighted by molar-refractivity contribution is 7.84. The monoisotopic (exact) mass is 391 g/mol. The van der Waals surface area contributed by atoms with Crippen LogP contribution in [0.2, 0.25) is 5.02 Å². The smallest absolute Gasteiger partial charge is 0.266 e. The molecule has 27 heavy (non-hydrogen) atoms. The van der Waals surface area contributed by atoms with Crippen molar-refractivity contribution in [3.05, 3.63) is 87.9 Å². The summed E-state index contributed by atoms with van der Waals surface area (Å²) >= 11 is 11.0. The molecule has 1 N–H and O–H groups in total. The number of hydrogen-bond donors (Lipinski definition) is 2. The predicted molar refractivity (Wildman–Crippen MR) is 110 cm³/mol. The minimum Gasteiger partial charge on any atom is -0.327 e. The Morgan fingerprint density at radius 1 is 1.04 bits per heavy atom. The average Bonchev–Trinajstić information content (AvgIpc) is 2.68. The molecule has 0 bridgehead atoms. The summed E-state index contributed by atoms with van der Waals surface area (Å²) in [5, 5.41) is 15.2. The highest BCUT2D eigenvalue weighted by Gasteiger charge is 2.35. The lowest BCUT2D eigenvalue weighted by molar-refractivity contribution is -0.118. The summed E-state index contributed by atoms with van der Waals surface area (Å²) in [5.41, 5.74) is 1.52. The van der Waals surface area contributed by atoms with Gasteiger partial charge in [0, 0.05) is 16.0 Å². The van der Waals surface area contributed by atoms with Crippen molar-refractivity contribution >= 4 is 46.6 Å². The van der Waals surface area contributed by atoms with Crippen LogP contribution in [0.5, 0.6) is 0 Å². The number of hydrogen-bond acceptors (Lipinski definition) is 4. The summed E-state index contributed by atoms with van der Waals surface area (Å²) in [7, 11) is 0. The molecule has 0 aromatic heterocycles. The maximum Gasteiger partial charge on any atom is 0.266 e. The van der Waals surface area contributed by atoms with Gasteiger partial charge in [-0.15, -0.1) is 12.6 Å². The van der Waals surface area contributed by atoms with Crippen molar-refractivity contribution in [3.8, 4) is 6.07 Å². The van der Waals surface area contributed by atoms with Gasteiger partial charge >= 0.3 is 0 Å². The second kappa shape index (κ2) is 6.99. The molecular formula is C21H14ClN3OS. The van der Waals surface area contributed by atoms with Gasteiger partial charge in [-0.25, -0.2) is 0 Å². The summed E-state index contributed by atoms with van der Waals surface area (Å²) in [5.74, 6) is -0.469. The number of benzene rings is 3. The number of thiol groups is 1. The van der Waals surface area contributed by atoms with Gasteiger partial charge in [-0.05, 0) is 17.5 Å². The van der Waals surface area contributed by atoms with Crippen molar-refractivity contribution in [2.75, 3.05) is 4.90 Å². The maximum absolute atomic E-state index is 12.5. The van der Waals surface area contributed by atoms with Gasteiger partial charge in [0.1, 0.15) is 17.8 Å². The molecule has 0 saturated carbocycles. The number of anilines is 1. The first-order valence-corrected chi connectivity index (χ1v) is 9.10. The third kappa shape index (κ3) is 2.93. The molecule has 132 valence electrons. The molecule has 6 heteroatoms. The average molecular weight is 392 g/mol. The van der Waals surface area contributed by atoms with E-state index in [0.29, 0.717) is 10.1 Å². The van der Waals surface area contributed by atoms with Crippen LogP contribution in [0.25, 0.3) is 10.8 Å². The summed E-state index contributed by atoms with van der Waals surface area (Å²) in [4.78, 5) is 14.3. The van der Waals surface area contributed by atoms with Gasteiger partial charge in [0.25, 0.3) is 5.91 Å². The number of rotatable bonds is 2. The molecule has 0 aliphatic carbocycles. The Morgan fingerprint density at radius 2 is 1.74 bits per heavy atom. The van der Waals surface area contributed by atoms with Gasteiger partial charge in [-0.3, -0.25) is 4.79 Å². The zero-order valence-corrected chi connectivity index (χ0v) is 15.7. The summed E-state index contributed by atoms with van der Waals surface area (Å²) in [6, 6.07) is 23.1. The molecule has 4 nitrogen and oxygen atoms in total. The van der Waals surface area contributed by atoms with Crippen LogP contribution in [-0.2, 0) is 4.79 Å². The van der Waals surface area contributed by atoms with Gasteiger partial charge < -0.3 is 10.2 Å². The van der Waals surface area contributed by atoms with E-state index < -0.39 is 12.1 Å². The highest BCUT2D eigenvalue weighted by Crippen LogP contribution is 2.40. The number of nitrogens with one attached hydrogen (secondary N) is 1. The van der Waals surface area contributed by atoms with Crippen molar-refractivity contribution in [1.29, 1.82) is 5.26 Å². The van der Waals surface area contributed by atoms with Crippen LogP contribution in [0.15, 0.2) is 77.3 Å². The fourth-order valence-electron chi connectivity index (χ4n) is 3.29. The first kappa shape index (κ1) is 17.5. The SMILES string of the molecule is N#CC1=C(S)N(c2cccc3ccccc23)C(c2ccccc2Cl)NC1=O. The number of fused-ring (bicyclic) bond motifs is 1. The van der Waals surface area contributed by atoms with Gasteiger partial charge in [-0.2, -0.15) is 5.26 Å². The van der Waals surface area contributed by atoms with Crippen molar-refractivity contribution in [1.82, 2.24) is 5.32 Å². The van der Waals surface area contributed by atoms with Gasteiger partial charge in [0.2, 0.25) is 0 Å². The molecule has 4 rings (SSSR count). The van der Waals surface area contributed by atoms with E-state index in [0.717, 1.165) is 22.0 Å². The number of halogens is 1. The molecule has 0 fully saturated rings. The quantitative estimate of drug-likeness (QED) is 0.617. The van der Waals surface area contributed by atoms with Crippen LogP contribution >= 0.6 is 24.2 Å². The Morgan fingerprint density at radius 3 is 2.52 bits per heavy atom. The lowest BCUT2D eigenvalue weighted by Gasteiger charge is -2.38. The first-order valence-electron chi connectivity index (χ1n) is 8.27.